The zero-order chi connectivity index (χ0) is 26.1. The first-order valence-corrected chi connectivity index (χ1v) is 11.7. The van der Waals surface area contributed by atoms with Crippen molar-refractivity contribution in [2.45, 2.75) is 19.5 Å². The van der Waals surface area contributed by atoms with E-state index < -0.39 is 23.6 Å². The number of fused-ring (bicyclic) bond motifs is 2. The smallest absolute Gasteiger partial charge is 0.408 e. The molecule has 192 valence electrons. The SMILES string of the molecule is C[C@H](NC(=O)c1cc(C(=O)NCc2ccc3oc(=O)n(C)c3c2)nc2ccnn12)C(=O)N1CCOCC1. The molecule has 1 aliphatic heterocycles. The maximum Gasteiger partial charge on any atom is 0.419 e. The van der Waals surface area contributed by atoms with Gasteiger partial charge in [0.05, 0.1) is 24.9 Å². The fraction of sp³-hybridized carbons (Fsp3) is 0.333. The largest absolute Gasteiger partial charge is 0.419 e. The average Bonchev–Trinajstić information content (AvgIpc) is 3.50. The summed E-state index contributed by atoms with van der Waals surface area (Å²) in [4.78, 5) is 56.4. The molecule has 0 aliphatic carbocycles. The van der Waals surface area contributed by atoms with E-state index in [0.29, 0.717) is 43.1 Å². The van der Waals surface area contributed by atoms with Crippen LogP contribution < -0.4 is 16.4 Å². The van der Waals surface area contributed by atoms with E-state index >= 15 is 0 Å². The van der Waals surface area contributed by atoms with E-state index in [1.165, 1.54) is 21.3 Å². The lowest BCUT2D eigenvalue weighted by Gasteiger charge is -2.29. The van der Waals surface area contributed by atoms with Gasteiger partial charge >= 0.3 is 5.76 Å². The Kier molecular flexibility index (Phi) is 6.44. The fourth-order valence-corrected chi connectivity index (χ4v) is 4.14. The van der Waals surface area contributed by atoms with Gasteiger partial charge in [0.25, 0.3) is 11.8 Å². The average molecular weight is 508 g/mol. The molecule has 1 saturated heterocycles. The molecule has 1 aromatic carbocycles. The first-order chi connectivity index (χ1) is 17.8. The monoisotopic (exact) mass is 507 g/mol. The van der Waals surface area contributed by atoms with Crippen molar-refractivity contribution in [1.82, 2.24) is 34.7 Å². The number of morpholine rings is 1. The number of rotatable bonds is 6. The van der Waals surface area contributed by atoms with Crippen molar-refractivity contribution in [2.24, 2.45) is 7.05 Å². The molecular formula is C24H25N7O6. The zero-order valence-electron chi connectivity index (χ0n) is 20.3. The molecule has 0 saturated carbocycles. The summed E-state index contributed by atoms with van der Waals surface area (Å²) in [7, 11) is 1.60. The Balaban J connectivity index is 1.32. The van der Waals surface area contributed by atoms with E-state index in [2.05, 4.69) is 20.7 Å². The predicted octanol–water partition coefficient (Wildman–Crippen LogP) is 0.0813. The number of benzene rings is 1. The Morgan fingerprint density at radius 1 is 1.11 bits per heavy atom. The summed E-state index contributed by atoms with van der Waals surface area (Å²) in [5.41, 5.74) is 2.19. The first kappa shape index (κ1) is 24.2. The highest BCUT2D eigenvalue weighted by molar-refractivity contribution is 6.00. The van der Waals surface area contributed by atoms with Crippen LogP contribution in [-0.2, 0) is 23.1 Å². The minimum Gasteiger partial charge on any atom is -0.408 e. The zero-order valence-corrected chi connectivity index (χ0v) is 20.3. The molecule has 1 aliphatic rings. The fourth-order valence-electron chi connectivity index (χ4n) is 4.14. The summed E-state index contributed by atoms with van der Waals surface area (Å²) in [6, 6.07) is 7.28. The van der Waals surface area contributed by atoms with Gasteiger partial charge < -0.3 is 24.7 Å². The van der Waals surface area contributed by atoms with Crippen LogP contribution in [0.2, 0.25) is 0 Å². The number of hydrogen-bond donors (Lipinski definition) is 2. The van der Waals surface area contributed by atoms with E-state index in [9.17, 15) is 19.2 Å². The van der Waals surface area contributed by atoms with Gasteiger partial charge in [-0.05, 0) is 24.6 Å². The van der Waals surface area contributed by atoms with Crippen LogP contribution in [0.25, 0.3) is 16.7 Å². The number of nitrogens with one attached hydrogen (secondary N) is 2. The molecule has 4 aromatic rings. The third-order valence-corrected chi connectivity index (χ3v) is 6.17. The number of nitrogens with zero attached hydrogens (tertiary/aromatic N) is 5. The molecule has 1 fully saturated rings. The van der Waals surface area contributed by atoms with Crippen LogP contribution in [0.1, 0.15) is 33.5 Å². The van der Waals surface area contributed by atoms with Crippen molar-refractivity contribution in [3.63, 3.8) is 0 Å². The number of oxazole rings is 1. The van der Waals surface area contributed by atoms with Gasteiger partial charge in [0.15, 0.2) is 11.2 Å². The number of hydrogen-bond acceptors (Lipinski definition) is 8. The van der Waals surface area contributed by atoms with Crippen LogP contribution >= 0.6 is 0 Å². The van der Waals surface area contributed by atoms with E-state index in [-0.39, 0.29) is 23.8 Å². The van der Waals surface area contributed by atoms with Gasteiger partial charge in [0.2, 0.25) is 5.91 Å². The Hall–Kier alpha value is -4.52. The summed E-state index contributed by atoms with van der Waals surface area (Å²) in [6.07, 6.45) is 1.47. The number of aryl methyl sites for hydroxylation is 1. The molecule has 0 radical (unpaired) electrons. The van der Waals surface area contributed by atoms with Crippen LogP contribution in [0, 0.1) is 0 Å². The molecule has 4 heterocycles. The maximum atomic E-state index is 13.1. The molecule has 13 nitrogen and oxygen atoms in total. The van der Waals surface area contributed by atoms with Crippen molar-refractivity contribution in [3.05, 3.63) is 64.0 Å². The molecule has 0 spiro atoms. The minimum absolute atomic E-state index is 0.0158. The van der Waals surface area contributed by atoms with Crippen molar-refractivity contribution in [1.29, 1.82) is 0 Å². The van der Waals surface area contributed by atoms with Gasteiger partial charge in [-0.15, -0.1) is 0 Å². The maximum absolute atomic E-state index is 13.1. The second-order valence-corrected chi connectivity index (χ2v) is 8.67. The Morgan fingerprint density at radius 2 is 1.89 bits per heavy atom. The normalized spacial score (nSPS) is 14.6. The third kappa shape index (κ3) is 4.80. The molecule has 1 atom stereocenters. The second kappa shape index (κ2) is 9.85. The number of aromatic nitrogens is 4. The Labute approximate surface area is 210 Å². The molecule has 2 N–H and O–H groups in total. The van der Waals surface area contributed by atoms with Gasteiger partial charge in [-0.2, -0.15) is 5.10 Å². The molecular weight excluding hydrogens is 482 g/mol. The molecule has 3 aromatic heterocycles. The molecule has 0 unspecified atom stereocenters. The minimum atomic E-state index is -0.782. The number of carbonyl (C=O) groups is 3. The lowest BCUT2D eigenvalue weighted by atomic mass is 10.2. The van der Waals surface area contributed by atoms with Gasteiger partial charge in [-0.3, -0.25) is 19.0 Å². The first-order valence-electron chi connectivity index (χ1n) is 11.7. The molecule has 5 rings (SSSR count). The molecule has 3 amide bonds. The van der Waals surface area contributed by atoms with Crippen LogP contribution in [0.15, 0.2) is 45.7 Å². The van der Waals surface area contributed by atoms with Gasteiger partial charge in [-0.25, -0.2) is 14.3 Å². The van der Waals surface area contributed by atoms with Crippen LogP contribution in [-0.4, -0.2) is 74.1 Å². The van der Waals surface area contributed by atoms with Crippen molar-refractivity contribution in [2.75, 3.05) is 26.3 Å². The van der Waals surface area contributed by atoms with Crippen LogP contribution in [0.3, 0.4) is 0 Å². The summed E-state index contributed by atoms with van der Waals surface area (Å²) in [6.45, 7) is 3.61. The van der Waals surface area contributed by atoms with Gasteiger partial charge in [0, 0.05) is 38.8 Å². The number of ether oxygens (including phenoxy) is 1. The van der Waals surface area contributed by atoms with E-state index in [0.717, 1.165) is 5.56 Å². The molecule has 13 heteroatoms. The Bertz CT molecular complexity index is 1560. The van der Waals surface area contributed by atoms with Crippen molar-refractivity contribution < 1.29 is 23.5 Å². The summed E-state index contributed by atoms with van der Waals surface area (Å²) in [5.74, 6) is -1.75. The van der Waals surface area contributed by atoms with Crippen LogP contribution in [0.4, 0.5) is 0 Å². The lowest BCUT2D eigenvalue weighted by molar-refractivity contribution is -0.136. The highest BCUT2D eigenvalue weighted by Crippen LogP contribution is 2.15. The van der Waals surface area contributed by atoms with Gasteiger partial charge in [0.1, 0.15) is 17.4 Å². The quantitative estimate of drug-likeness (QED) is 0.372. The second-order valence-electron chi connectivity index (χ2n) is 8.67. The topological polar surface area (TPSA) is 153 Å². The van der Waals surface area contributed by atoms with E-state index in [1.807, 2.05) is 0 Å². The van der Waals surface area contributed by atoms with Gasteiger partial charge in [-0.1, -0.05) is 6.07 Å². The summed E-state index contributed by atoms with van der Waals surface area (Å²) < 4.78 is 13.1. The predicted molar refractivity (Wildman–Crippen MR) is 130 cm³/mol. The highest BCUT2D eigenvalue weighted by Gasteiger charge is 2.26. The highest BCUT2D eigenvalue weighted by atomic mass is 16.5. The number of carbonyl (C=O) groups excluding carboxylic acids is 3. The molecule has 0 bridgehead atoms. The van der Waals surface area contributed by atoms with Crippen molar-refractivity contribution >= 4 is 34.5 Å². The Morgan fingerprint density at radius 3 is 2.68 bits per heavy atom. The number of amides is 3. The summed E-state index contributed by atoms with van der Waals surface area (Å²) in [5, 5.41) is 9.60. The molecule has 37 heavy (non-hydrogen) atoms. The third-order valence-electron chi connectivity index (χ3n) is 6.17. The van der Waals surface area contributed by atoms with Crippen LogP contribution in [0.5, 0.6) is 0 Å². The van der Waals surface area contributed by atoms with E-state index in [4.69, 9.17) is 9.15 Å². The standard InChI is InChI=1S/C24H25N7O6/c1-14(23(34)30-7-9-36-10-8-30)27-22(33)18-12-16(28-20-5-6-26-31(18)20)21(32)25-13-15-3-4-19-17(11-15)29(2)24(35)37-19/h3-6,11-12,14H,7-10,13H2,1-2H3,(H,25,32)(H,27,33)/t14-/m0/s1. The van der Waals surface area contributed by atoms with E-state index in [1.54, 1.807) is 43.1 Å². The lowest BCUT2D eigenvalue weighted by Crippen LogP contribution is -2.50. The van der Waals surface area contributed by atoms with Crippen molar-refractivity contribution in [3.8, 4) is 0 Å². The summed E-state index contributed by atoms with van der Waals surface area (Å²) >= 11 is 0.